The molecule has 2 aromatic rings. The molecule has 3 rings (SSSR count). The van der Waals surface area contributed by atoms with Gasteiger partial charge in [0.2, 0.25) is 5.91 Å². The first-order chi connectivity index (χ1) is 12.6. The Morgan fingerprint density at radius 3 is 1.92 bits per heavy atom. The summed E-state index contributed by atoms with van der Waals surface area (Å²) in [7, 11) is 0. The van der Waals surface area contributed by atoms with Gasteiger partial charge in [0, 0.05) is 38.4 Å². The highest BCUT2D eigenvalue weighted by atomic mass is 16.5. The van der Waals surface area contributed by atoms with E-state index >= 15 is 0 Å². The second kappa shape index (κ2) is 8.15. The predicted octanol–water partition coefficient (Wildman–Crippen LogP) is 2.96. The Labute approximate surface area is 153 Å². The largest absolute Gasteiger partial charge is 0.480 e. The van der Waals surface area contributed by atoms with E-state index in [1.165, 1.54) is 0 Å². The molecule has 1 amide bonds. The third-order valence-electron chi connectivity index (χ3n) is 4.93. The van der Waals surface area contributed by atoms with Crippen molar-refractivity contribution < 1.29 is 19.4 Å². The highest BCUT2D eigenvalue weighted by Crippen LogP contribution is 2.29. The van der Waals surface area contributed by atoms with Gasteiger partial charge in [-0.25, -0.2) is 4.79 Å². The van der Waals surface area contributed by atoms with Gasteiger partial charge in [0.15, 0.2) is 0 Å². The van der Waals surface area contributed by atoms with Gasteiger partial charge >= 0.3 is 5.97 Å². The quantitative estimate of drug-likeness (QED) is 0.837. The highest BCUT2D eigenvalue weighted by molar-refractivity contribution is 5.87. The van der Waals surface area contributed by atoms with Gasteiger partial charge in [0.05, 0.1) is 0 Å². The van der Waals surface area contributed by atoms with Crippen LogP contribution in [0.1, 0.15) is 36.3 Å². The Morgan fingerprint density at radius 2 is 1.46 bits per heavy atom. The van der Waals surface area contributed by atoms with Gasteiger partial charge in [-0.05, 0) is 11.1 Å². The molecule has 5 nitrogen and oxygen atoms in total. The Hall–Kier alpha value is -2.66. The minimum atomic E-state index is -1.23. The number of carboxylic acid groups (broad SMARTS) is 1. The number of aliphatic carboxylic acids is 1. The van der Waals surface area contributed by atoms with Crippen LogP contribution in [0.4, 0.5) is 0 Å². The van der Waals surface area contributed by atoms with Gasteiger partial charge in [-0.2, -0.15) is 0 Å². The number of nitrogens with one attached hydrogen (secondary N) is 1. The summed E-state index contributed by atoms with van der Waals surface area (Å²) in [5.74, 6) is -1.37. The highest BCUT2D eigenvalue weighted by Gasteiger charge is 2.41. The molecule has 0 spiro atoms. The zero-order valence-corrected chi connectivity index (χ0v) is 14.6. The summed E-state index contributed by atoms with van der Waals surface area (Å²) in [5.41, 5.74) is 0.836. The van der Waals surface area contributed by atoms with E-state index < -0.39 is 11.5 Å². The fraction of sp³-hybridized carbons (Fsp3) is 0.333. The molecular formula is C21H23NO4. The van der Waals surface area contributed by atoms with Gasteiger partial charge < -0.3 is 15.2 Å². The Morgan fingerprint density at radius 1 is 0.962 bits per heavy atom. The first kappa shape index (κ1) is 18.1. The molecule has 26 heavy (non-hydrogen) atoms. The molecule has 1 aliphatic heterocycles. The number of carbonyl (C=O) groups excluding carboxylic acids is 1. The van der Waals surface area contributed by atoms with E-state index in [0.717, 1.165) is 11.1 Å². The second-order valence-corrected chi connectivity index (χ2v) is 6.63. The number of carbonyl (C=O) groups is 2. The minimum Gasteiger partial charge on any atom is -0.480 e. The third-order valence-corrected chi connectivity index (χ3v) is 4.93. The molecule has 1 heterocycles. The molecule has 5 heteroatoms. The van der Waals surface area contributed by atoms with Crippen LogP contribution in [-0.4, -0.2) is 35.7 Å². The topological polar surface area (TPSA) is 75.6 Å². The predicted molar refractivity (Wildman–Crippen MR) is 97.9 cm³/mol. The van der Waals surface area contributed by atoms with Crippen molar-refractivity contribution in [3.63, 3.8) is 0 Å². The molecular weight excluding hydrogens is 330 g/mol. The maximum absolute atomic E-state index is 12.8. The normalized spacial score (nSPS) is 16.2. The van der Waals surface area contributed by atoms with Gasteiger partial charge in [0.25, 0.3) is 0 Å². The van der Waals surface area contributed by atoms with Crippen LogP contribution < -0.4 is 5.32 Å². The molecule has 0 aliphatic carbocycles. The molecule has 0 saturated carbocycles. The monoisotopic (exact) mass is 353 g/mol. The average Bonchev–Trinajstić information content (AvgIpc) is 2.68. The zero-order chi connectivity index (χ0) is 18.4. The summed E-state index contributed by atoms with van der Waals surface area (Å²) >= 11 is 0. The smallest absolute Gasteiger partial charge is 0.329 e. The van der Waals surface area contributed by atoms with Gasteiger partial charge in [0.1, 0.15) is 5.54 Å². The summed E-state index contributed by atoms with van der Waals surface area (Å²) in [4.78, 5) is 24.5. The van der Waals surface area contributed by atoms with Crippen molar-refractivity contribution in [3.8, 4) is 0 Å². The second-order valence-electron chi connectivity index (χ2n) is 6.63. The molecule has 1 saturated heterocycles. The Bertz CT molecular complexity index is 700. The van der Waals surface area contributed by atoms with E-state index in [0.29, 0.717) is 13.2 Å². The number of carboxylic acids is 1. The molecule has 0 unspecified atom stereocenters. The van der Waals surface area contributed by atoms with E-state index in [4.69, 9.17) is 4.74 Å². The van der Waals surface area contributed by atoms with Crippen molar-refractivity contribution in [1.82, 2.24) is 5.32 Å². The van der Waals surface area contributed by atoms with Crippen molar-refractivity contribution >= 4 is 11.9 Å². The lowest BCUT2D eigenvalue weighted by Gasteiger charge is -2.34. The lowest BCUT2D eigenvalue weighted by atomic mass is 9.86. The number of hydrogen-bond donors (Lipinski definition) is 2. The summed E-state index contributed by atoms with van der Waals surface area (Å²) < 4.78 is 5.26. The van der Waals surface area contributed by atoms with Crippen molar-refractivity contribution in [2.75, 3.05) is 13.2 Å². The van der Waals surface area contributed by atoms with E-state index in [1.54, 1.807) is 0 Å². The van der Waals surface area contributed by atoms with Crippen molar-refractivity contribution in [2.45, 2.75) is 30.7 Å². The first-order valence-electron chi connectivity index (χ1n) is 8.83. The standard InChI is InChI=1S/C21H23NO4/c23-19(22-21(20(24)25)11-13-26-14-12-21)15-18(16-7-3-1-4-8-16)17-9-5-2-6-10-17/h1-10,18H,11-15H2,(H,22,23)(H,24,25). The van der Waals surface area contributed by atoms with Gasteiger partial charge in [-0.3, -0.25) is 4.79 Å². The number of benzene rings is 2. The van der Waals surface area contributed by atoms with Crippen LogP contribution in [-0.2, 0) is 14.3 Å². The molecule has 0 aromatic heterocycles. The molecule has 0 atom stereocenters. The molecule has 136 valence electrons. The maximum atomic E-state index is 12.8. The molecule has 1 fully saturated rings. The van der Waals surface area contributed by atoms with E-state index in [-0.39, 0.29) is 31.1 Å². The van der Waals surface area contributed by atoms with Crippen molar-refractivity contribution in [3.05, 3.63) is 71.8 Å². The van der Waals surface area contributed by atoms with Crippen LogP contribution in [0.15, 0.2) is 60.7 Å². The summed E-state index contributed by atoms with van der Waals surface area (Å²) in [6, 6.07) is 19.6. The zero-order valence-electron chi connectivity index (χ0n) is 14.6. The lowest BCUT2D eigenvalue weighted by molar-refractivity contribution is -0.152. The number of amides is 1. The van der Waals surface area contributed by atoms with Gasteiger partial charge in [-0.1, -0.05) is 60.7 Å². The minimum absolute atomic E-state index is 0.122. The molecule has 1 aliphatic rings. The number of rotatable bonds is 6. The third kappa shape index (κ3) is 4.11. The molecule has 2 aromatic carbocycles. The molecule has 0 bridgehead atoms. The Balaban J connectivity index is 1.80. The van der Waals surface area contributed by atoms with Crippen LogP contribution in [0.25, 0.3) is 0 Å². The molecule has 2 N–H and O–H groups in total. The SMILES string of the molecule is O=C(CC(c1ccccc1)c1ccccc1)NC1(C(=O)O)CCOCC1. The fourth-order valence-electron chi connectivity index (χ4n) is 3.41. The summed E-state index contributed by atoms with van der Waals surface area (Å²) in [6.45, 7) is 0.681. The fourth-order valence-corrected chi connectivity index (χ4v) is 3.41. The summed E-state index contributed by atoms with van der Waals surface area (Å²) in [5, 5.41) is 12.4. The maximum Gasteiger partial charge on any atom is 0.329 e. The van der Waals surface area contributed by atoms with Crippen LogP contribution in [0.2, 0.25) is 0 Å². The Kier molecular flexibility index (Phi) is 5.68. The van der Waals surface area contributed by atoms with Crippen molar-refractivity contribution in [2.24, 2.45) is 0 Å². The van der Waals surface area contributed by atoms with E-state index in [9.17, 15) is 14.7 Å². The van der Waals surface area contributed by atoms with Crippen LogP contribution >= 0.6 is 0 Å². The lowest BCUT2D eigenvalue weighted by Crippen LogP contribution is -2.57. The van der Waals surface area contributed by atoms with Gasteiger partial charge in [-0.15, -0.1) is 0 Å². The van der Waals surface area contributed by atoms with E-state index in [1.807, 2.05) is 60.7 Å². The average molecular weight is 353 g/mol. The number of ether oxygens (including phenoxy) is 1. The number of hydrogen-bond acceptors (Lipinski definition) is 3. The first-order valence-corrected chi connectivity index (χ1v) is 8.83. The van der Waals surface area contributed by atoms with Crippen molar-refractivity contribution in [1.29, 1.82) is 0 Å². The van der Waals surface area contributed by atoms with Crippen LogP contribution in [0.3, 0.4) is 0 Å². The molecule has 0 radical (unpaired) electrons. The summed E-state index contributed by atoms with van der Waals surface area (Å²) in [6.07, 6.45) is 0.773. The van der Waals surface area contributed by atoms with E-state index in [2.05, 4.69) is 5.32 Å². The van der Waals surface area contributed by atoms with Crippen LogP contribution in [0, 0.1) is 0 Å². The van der Waals surface area contributed by atoms with Crippen LogP contribution in [0.5, 0.6) is 0 Å².